The van der Waals surface area contributed by atoms with E-state index in [4.69, 9.17) is 5.53 Å². The lowest BCUT2D eigenvalue weighted by molar-refractivity contribution is -0.114. The van der Waals surface area contributed by atoms with Crippen molar-refractivity contribution in [2.75, 3.05) is 11.9 Å². The summed E-state index contributed by atoms with van der Waals surface area (Å²) >= 11 is 0. The summed E-state index contributed by atoms with van der Waals surface area (Å²) in [7, 11) is 0. The Labute approximate surface area is 81.4 Å². The number of hydrogen-bond acceptors (Lipinski definition) is 2. The Morgan fingerprint density at radius 1 is 1.64 bits per heavy atom. The van der Waals surface area contributed by atoms with E-state index in [2.05, 4.69) is 15.3 Å². The van der Waals surface area contributed by atoms with Crippen molar-refractivity contribution in [3.8, 4) is 0 Å². The van der Waals surface area contributed by atoms with Crippen molar-refractivity contribution in [1.29, 1.82) is 0 Å². The molecule has 1 aromatic rings. The third-order valence-corrected chi connectivity index (χ3v) is 1.58. The molecule has 0 saturated heterocycles. The van der Waals surface area contributed by atoms with Gasteiger partial charge in [0.15, 0.2) is 0 Å². The molecule has 0 fully saturated rings. The molecule has 1 rings (SSSR count). The topological polar surface area (TPSA) is 77.9 Å². The first-order valence-corrected chi connectivity index (χ1v) is 4.10. The molecule has 0 unspecified atom stereocenters. The molecule has 0 atom stereocenters. The van der Waals surface area contributed by atoms with Crippen LogP contribution in [-0.2, 0) is 4.79 Å². The Balaban J connectivity index is 2.60. The molecule has 1 aromatic carbocycles. The van der Waals surface area contributed by atoms with Crippen LogP contribution in [0.3, 0.4) is 0 Å². The van der Waals surface area contributed by atoms with E-state index in [1.165, 1.54) is 0 Å². The number of nitrogens with one attached hydrogen (secondary N) is 1. The van der Waals surface area contributed by atoms with Crippen LogP contribution in [0.2, 0.25) is 0 Å². The van der Waals surface area contributed by atoms with Crippen LogP contribution in [0.15, 0.2) is 29.4 Å². The SMILES string of the molecule is Cc1cccc(NC(=O)CN=[N+]=[N-])c1. The van der Waals surface area contributed by atoms with Crippen LogP contribution in [0.1, 0.15) is 5.56 Å². The first-order valence-electron chi connectivity index (χ1n) is 4.10. The van der Waals surface area contributed by atoms with Gasteiger partial charge < -0.3 is 5.32 Å². The molecule has 0 aliphatic rings. The van der Waals surface area contributed by atoms with Crippen LogP contribution in [-0.4, -0.2) is 12.5 Å². The molecule has 0 aliphatic heterocycles. The number of benzene rings is 1. The molecule has 0 radical (unpaired) electrons. The zero-order valence-electron chi connectivity index (χ0n) is 7.77. The van der Waals surface area contributed by atoms with E-state index >= 15 is 0 Å². The normalized spacial score (nSPS) is 8.93. The molecule has 0 bridgehead atoms. The molecule has 5 nitrogen and oxygen atoms in total. The predicted molar refractivity (Wildman–Crippen MR) is 53.8 cm³/mol. The number of hydrogen-bond donors (Lipinski definition) is 1. The minimum Gasteiger partial charge on any atom is -0.326 e. The summed E-state index contributed by atoms with van der Waals surface area (Å²) < 4.78 is 0. The van der Waals surface area contributed by atoms with E-state index in [9.17, 15) is 4.79 Å². The van der Waals surface area contributed by atoms with Gasteiger partial charge in [-0.15, -0.1) is 0 Å². The summed E-state index contributed by atoms with van der Waals surface area (Å²) in [6, 6.07) is 7.40. The number of carbonyl (C=O) groups is 1. The number of amides is 1. The van der Waals surface area contributed by atoms with Gasteiger partial charge in [0, 0.05) is 10.6 Å². The van der Waals surface area contributed by atoms with Crippen molar-refractivity contribution in [1.82, 2.24) is 0 Å². The smallest absolute Gasteiger partial charge is 0.230 e. The summed E-state index contributed by atoms with van der Waals surface area (Å²) in [5.41, 5.74) is 9.78. The Kier molecular flexibility index (Phi) is 3.52. The standard InChI is InChI=1S/C9H10N4O/c1-7-3-2-4-8(5-7)12-9(14)6-11-13-10/h2-5H,6H2,1H3,(H,12,14). The van der Waals surface area contributed by atoms with Crippen LogP contribution < -0.4 is 5.32 Å². The lowest BCUT2D eigenvalue weighted by atomic mass is 10.2. The first kappa shape index (κ1) is 10.1. The molecule has 72 valence electrons. The van der Waals surface area contributed by atoms with Gasteiger partial charge in [-0.05, 0) is 30.2 Å². The van der Waals surface area contributed by atoms with E-state index in [0.29, 0.717) is 5.69 Å². The van der Waals surface area contributed by atoms with Gasteiger partial charge in [-0.1, -0.05) is 17.2 Å². The van der Waals surface area contributed by atoms with Gasteiger partial charge in [0.1, 0.15) is 6.54 Å². The number of rotatable bonds is 3. The summed E-state index contributed by atoms with van der Waals surface area (Å²) in [5, 5.41) is 5.77. The molecule has 0 saturated carbocycles. The molecule has 1 N–H and O–H groups in total. The predicted octanol–water partition coefficient (Wildman–Crippen LogP) is 2.24. The second kappa shape index (κ2) is 4.89. The molecule has 0 aromatic heterocycles. The van der Waals surface area contributed by atoms with Gasteiger partial charge in [-0.25, -0.2) is 0 Å². The van der Waals surface area contributed by atoms with Gasteiger partial charge in [0.2, 0.25) is 5.91 Å². The van der Waals surface area contributed by atoms with Gasteiger partial charge in [-0.2, -0.15) is 0 Å². The van der Waals surface area contributed by atoms with Crippen LogP contribution in [0, 0.1) is 6.92 Å². The van der Waals surface area contributed by atoms with Crippen molar-refractivity contribution in [3.63, 3.8) is 0 Å². The summed E-state index contributed by atoms with van der Waals surface area (Å²) in [6.45, 7) is 1.76. The molecule has 0 heterocycles. The highest BCUT2D eigenvalue weighted by Gasteiger charge is 1.99. The molecule has 0 spiro atoms. The molecule has 1 amide bonds. The Morgan fingerprint density at radius 3 is 3.07 bits per heavy atom. The number of azide groups is 1. The quantitative estimate of drug-likeness (QED) is 0.442. The van der Waals surface area contributed by atoms with Crippen molar-refractivity contribution in [3.05, 3.63) is 40.3 Å². The van der Waals surface area contributed by atoms with E-state index in [1.54, 1.807) is 6.07 Å². The first-order chi connectivity index (χ1) is 6.72. The average molecular weight is 190 g/mol. The lowest BCUT2D eigenvalue weighted by Gasteiger charge is -2.03. The third-order valence-electron chi connectivity index (χ3n) is 1.58. The fraction of sp³-hybridized carbons (Fsp3) is 0.222. The zero-order valence-corrected chi connectivity index (χ0v) is 7.77. The Hall–Kier alpha value is -2.00. The summed E-state index contributed by atoms with van der Waals surface area (Å²) in [6.07, 6.45) is 0. The van der Waals surface area contributed by atoms with E-state index < -0.39 is 0 Å². The van der Waals surface area contributed by atoms with Crippen LogP contribution in [0.4, 0.5) is 5.69 Å². The van der Waals surface area contributed by atoms with Crippen LogP contribution >= 0.6 is 0 Å². The van der Waals surface area contributed by atoms with Gasteiger partial charge in [0.25, 0.3) is 0 Å². The van der Waals surface area contributed by atoms with Crippen molar-refractivity contribution >= 4 is 11.6 Å². The highest BCUT2D eigenvalue weighted by atomic mass is 16.1. The minimum absolute atomic E-state index is 0.176. The monoisotopic (exact) mass is 190 g/mol. The maximum Gasteiger partial charge on any atom is 0.230 e. The molecular formula is C9H10N4O. The maximum atomic E-state index is 11.1. The Bertz CT molecular complexity index is 382. The Morgan fingerprint density at radius 2 is 2.43 bits per heavy atom. The highest BCUT2D eigenvalue weighted by molar-refractivity contribution is 5.92. The fourth-order valence-electron chi connectivity index (χ4n) is 1.02. The van der Waals surface area contributed by atoms with Crippen molar-refractivity contribution in [2.24, 2.45) is 5.11 Å². The van der Waals surface area contributed by atoms with Gasteiger partial charge >= 0.3 is 0 Å². The lowest BCUT2D eigenvalue weighted by Crippen LogP contribution is -2.14. The van der Waals surface area contributed by atoms with Crippen LogP contribution in [0.5, 0.6) is 0 Å². The van der Waals surface area contributed by atoms with E-state index in [-0.39, 0.29) is 12.5 Å². The van der Waals surface area contributed by atoms with E-state index in [1.807, 2.05) is 25.1 Å². The third kappa shape index (κ3) is 3.16. The van der Waals surface area contributed by atoms with Crippen molar-refractivity contribution in [2.45, 2.75) is 6.92 Å². The fourth-order valence-corrected chi connectivity index (χ4v) is 1.02. The molecule has 14 heavy (non-hydrogen) atoms. The number of anilines is 1. The highest BCUT2D eigenvalue weighted by Crippen LogP contribution is 2.08. The summed E-state index contributed by atoms with van der Waals surface area (Å²) in [5.74, 6) is -0.312. The number of carbonyl (C=O) groups excluding carboxylic acids is 1. The number of nitrogens with zero attached hydrogens (tertiary/aromatic N) is 3. The molecular weight excluding hydrogens is 180 g/mol. The second-order valence-corrected chi connectivity index (χ2v) is 2.81. The van der Waals surface area contributed by atoms with Crippen molar-refractivity contribution < 1.29 is 4.79 Å². The van der Waals surface area contributed by atoms with Gasteiger partial charge in [-0.3, -0.25) is 4.79 Å². The average Bonchev–Trinajstić information content (AvgIpc) is 2.15. The minimum atomic E-state index is -0.312. The van der Waals surface area contributed by atoms with E-state index in [0.717, 1.165) is 5.56 Å². The number of aryl methyl sites for hydroxylation is 1. The van der Waals surface area contributed by atoms with Crippen LogP contribution in [0.25, 0.3) is 10.4 Å². The molecule has 5 heteroatoms. The largest absolute Gasteiger partial charge is 0.326 e. The maximum absolute atomic E-state index is 11.1. The summed E-state index contributed by atoms with van der Waals surface area (Å²) in [4.78, 5) is 13.6. The zero-order chi connectivity index (χ0) is 10.4. The second-order valence-electron chi connectivity index (χ2n) is 2.81. The van der Waals surface area contributed by atoms with Gasteiger partial charge in [0.05, 0.1) is 0 Å². The molecule has 0 aliphatic carbocycles.